The van der Waals surface area contributed by atoms with Crippen molar-refractivity contribution in [1.29, 1.82) is 0 Å². The summed E-state index contributed by atoms with van der Waals surface area (Å²) in [5, 5.41) is 20.4. The zero-order valence-electron chi connectivity index (χ0n) is 19.6. The van der Waals surface area contributed by atoms with Gasteiger partial charge in [0.1, 0.15) is 12.2 Å². The van der Waals surface area contributed by atoms with Gasteiger partial charge in [-0.15, -0.1) is 24.8 Å². The SMILES string of the molecule is Cl.Cl.O=S(=O)(NC[C@H]1O[C@@H](CO)[C@@H](O)[C@H]1N1CCN(c2cccc(C(F)(F)F)c2)CC1)c1ccccc1. The molecule has 2 heterocycles. The molecule has 0 bridgehead atoms. The molecule has 2 aromatic rings. The molecule has 2 aliphatic heterocycles. The summed E-state index contributed by atoms with van der Waals surface area (Å²) in [7, 11) is -3.80. The predicted octanol–water partition coefficient (Wildman–Crippen LogP) is 2.14. The van der Waals surface area contributed by atoms with Crippen molar-refractivity contribution in [2.75, 3.05) is 44.2 Å². The van der Waals surface area contributed by atoms with Crippen LogP contribution in [0.4, 0.5) is 18.9 Å². The van der Waals surface area contributed by atoms with Gasteiger partial charge in [0.15, 0.2) is 0 Å². The molecular formula is C23H30Cl2F3N3O5S. The second kappa shape index (κ2) is 12.9. The number of anilines is 1. The van der Waals surface area contributed by atoms with E-state index >= 15 is 0 Å². The van der Waals surface area contributed by atoms with Crippen LogP contribution in [0.5, 0.6) is 0 Å². The van der Waals surface area contributed by atoms with Gasteiger partial charge in [-0.3, -0.25) is 4.90 Å². The standard InChI is InChI=1S/C23H28F3N3O5S.2ClH/c24-23(25,26)16-5-4-6-17(13-16)28-9-11-29(12-10-28)21-19(34-20(15-30)22(21)31)14-27-35(32,33)18-7-2-1-3-8-18;;/h1-8,13,19-22,27,30-31H,9-12,14-15H2;2*1H/t19-,20+,21+,22-;;/m1../s1. The topological polar surface area (TPSA) is 102 Å². The normalized spacial score (nSPS) is 24.8. The van der Waals surface area contributed by atoms with Crippen LogP contribution in [0, 0.1) is 0 Å². The highest BCUT2D eigenvalue weighted by atomic mass is 35.5. The van der Waals surface area contributed by atoms with Gasteiger partial charge in [-0.25, -0.2) is 13.1 Å². The minimum absolute atomic E-state index is 0. The lowest BCUT2D eigenvalue weighted by Gasteiger charge is -2.41. The van der Waals surface area contributed by atoms with E-state index in [4.69, 9.17) is 4.74 Å². The van der Waals surface area contributed by atoms with Gasteiger partial charge in [-0.2, -0.15) is 13.2 Å². The van der Waals surface area contributed by atoms with E-state index in [1.807, 2.05) is 9.80 Å². The first-order valence-electron chi connectivity index (χ1n) is 11.3. The Balaban J connectivity index is 0.00000241. The number of nitrogens with zero attached hydrogens (tertiary/aromatic N) is 2. The number of aliphatic hydroxyl groups is 2. The van der Waals surface area contributed by atoms with Crippen LogP contribution in [0.3, 0.4) is 0 Å². The van der Waals surface area contributed by atoms with Crippen molar-refractivity contribution in [2.45, 2.75) is 35.4 Å². The van der Waals surface area contributed by atoms with Crippen LogP contribution in [0.15, 0.2) is 59.5 Å². The summed E-state index contributed by atoms with van der Waals surface area (Å²) in [5.74, 6) is 0. The van der Waals surface area contributed by atoms with Gasteiger partial charge in [0.05, 0.1) is 29.2 Å². The Kier molecular flexibility index (Phi) is 11.0. The van der Waals surface area contributed by atoms with Gasteiger partial charge in [-0.1, -0.05) is 24.3 Å². The quantitative estimate of drug-likeness (QED) is 0.456. The van der Waals surface area contributed by atoms with E-state index in [0.717, 1.165) is 12.1 Å². The molecule has 2 saturated heterocycles. The van der Waals surface area contributed by atoms with Crippen LogP contribution in [0.25, 0.3) is 0 Å². The van der Waals surface area contributed by atoms with Gasteiger partial charge < -0.3 is 19.8 Å². The fraction of sp³-hybridized carbons (Fsp3) is 0.478. The maximum atomic E-state index is 13.1. The third kappa shape index (κ3) is 7.27. The Hall–Kier alpha value is -1.64. The smallest absolute Gasteiger partial charge is 0.394 e. The number of sulfonamides is 1. The van der Waals surface area contributed by atoms with E-state index in [1.165, 1.54) is 18.2 Å². The van der Waals surface area contributed by atoms with Crippen LogP contribution in [0.1, 0.15) is 5.56 Å². The molecule has 3 N–H and O–H groups in total. The van der Waals surface area contributed by atoms with Crippen molar-refractivity contribution in [3.8, 4) is 0 Å². The predicted molar refractivity (Wildman–Crippen MR) is 137 cm³/mol. The van der Waals surface area contributed by atoms with Crippen LogP contribution in [-0.2, 0) is 20.9 Å². The molecule has 208 valence electrons. The number of piperazine rings is 1. The van der Waals surface area contributed by atoms with E-state index in [1.54, 1.807) is 24.3 Å². The molecule has 0 unspecified atom stereocenters. The van der Waals surface area contributed by atoms with Gasteiger partial charge in [-0.05, 0) is 30.3 Å². The van der Waals surface area contributed by atoms with E-state index in [2.05, 4.69) is 4.72 Å². The average molecular weight is 588 g/mol. The molecule has 4 rings (SSSR count). The molecule has 0 aliphatic carbocycles. The summed E-state index contributed by atoms with van der Waals surface area (Å²) >= 11 is 0. The van der Waals surface area contributed by atoms with E-state index in [9.17, 15) is 31.8 Å². The fourth-order valence-electron chi connectivity index (χ4n) is 4.63. The monoisotopic (exact) mass is 587 g/mol. The van der Waals surface area contributed by atoms with E-state index in [-0.39, 0.29) is 36.3 Å². The molecular weight excluding hydrogens is 558 g/mol. The summed E-state index contributed by atoms with van der Waals surface area (Å²) in [4.78, 5) is 3.87. The summed E-state index contributed by atoms with van der Waals surface area (Å²) in [6.07, 6.45) is -7.07. The number of ether oxygens (including phenoxy) is 1. The summed E-state index contributed by atoms with van der Waals surface area (Å²) in [6.45, 7) is 1.13. The molecule has 0 aromatic heterocycles. The van der Waals surface area contributed by atoms with Gasteiger partial charge in [0, 0.05) is 38.4 Å². The minimum atomic E-state index is -4.43. The van der Waals surface area contributed by atoms with Gasteiger partial charge in [0.25, 0.3) is 0 Å². The highest BCUT2D eigenvalue weighted by Crippen LogP contribution is 2.33. The molecule has 2 aromatic carbocycles. The molecule has 8 nitrogen and oxygen atoms in total. The summed E-state index contributed by atoms with van der Waals surface area (Å²) < 4.78 is 72.8. The van der Waals surface area contributed by atoms with Gasteiger partial charge >= 0.3 is 6.18 Å². The Morgan fingerprint density at radius 1 is 0.973 bits per heavy atom. The third-order valence-corrected chi connectivity index (χ3v) is 7.88. The Morgan fingerprint density at radius 2 is 1.62 bits per heavy atom. The number of hydrogen-bond donors (Lipinski definition) is 3. The van der Waals surface area contributed by atoms with Crippen LogP contribution in [0.2, 0.25) is 0 Å². The van der Waals surface area contributed by atoms with Crippen molar-refractivity contribution >= 4 is 40.5 Å². The molecule has 37 heavy (non-hydrogen) atoms. The lowest BCUT2D eigenvalue weighted by Crippen LogP contribution is -2.57. The first-order chi connectivity index (χ1) is 16.6. The Morgan fingerprint density at radius 3 is 2.22 bits per heavy atom. The van der Waals surface area contributed by atoms with Crippen molar-refractivity contribution in [1.82, 2.24) is 9.62 Å². The van der Waals surface area contributed by atoms with Gasteiger partial charge in [0.2, 0.25) is 10.0 Å². The van der Waals surface area contributed by atoms with Crippen molar-refractivity contribution in [3.05, 3.63) is 60.2 Å². The largest absolute Gasteiger partial charge is 0.416 e. The Bertz CT molecular complexity index is 1110. The summed E-state index contributed by atoms with van der Waals surface area (Å²) in [6, 6.07) is 12.4. The van der Waals surface area contributed by atoms with E-state index < -0.39 is 52.7 Å². The lowest BCUT2D eigenvalue weighted by molar-refractivity contribution is -0.137. The number of benzene rings is 2. The van der Waals surface area contributed by atoms with Crippen LogP contribution in [-0.4, -0.2) is 87.2 Å². The number of nitrogens with one attached hydrogen (secondary N) is 1. The number of alkyl halides is 3. The Labute approximate surface area is 226 Å². The number of halogens is 5. The molecule has 0 amide bonds. The third-order valence-electron chi connectivity index (χ3n) is 6.44. The van der Waals surface area contributed by atoms with Crippen molar-refractivity contribution in [2.24, 2.45) is 0 Å². The molecule has 14 heteroatoms. The first kappa shape index (κ1) is 31.6. The number of rotatable bonds is 7. The molecule has 0 saturated carbocycles. The van der Waals surface area contributed by atoms with Crippen LogP contribution < -0.4 is 9.62 Å². The van der Waals surface area contributed by atoms with Crippen molar-refractivity contribution < 1.29 is 36.5 Å². The molecule has 0 radical (unpaired) electrons. The number of aliphatic hydroxyl groups excluding tert-OH is 2. The highest BCUT2D eigenvalue weighted by Gasteiger charge is 2.47. The molecule has 0 spiro atoms. The average Bonchev–Trinajstić information content (AvgIpc) is 3.18. The van der Waals surface area contributed by atoms with E-state index in [0.29, 0.717) is 31.9 Å². The minimum Gasteiger partial charge on any atom is -0.394 e. The second-order valence-corrected chi connectivity index (χ2v) is 10.4. The zero-order chi connectivity index (χ0) is 25.2. The lowest BCUT2D eigenvalue weighted by atomic mass is 10.0. The zero-order valence-corrected chi connectivity index (χ0v) is 22.1. The molecule has 2 fully saturated rings. The fourth-order valence-corrected chi connectivity index (χ4v) is 5.69. The number of hydrogen-bond acceptors (Lipinski definition) is 7. The summed E-state index contributed by atoms with van der Waals surface area (Å²) in [5.41, 5.74) is -0.253. The maximum absolute atomic E-state index is 13.1. The molecule has 4 atom stereocenters. The maximum Gasteiger partial charge on any atom is 0.416 e. The molecule has 2 aliphatic rings. The highest BCUT2D eigenvalue weighted by molar-refractivity contribution is 7.89. The van der Waals surface area contributed by atoms with Crippen molar-refractivity contribution in [3.63, 3.8) is 0 Å². The first-order valence-corrected chi connectivity index (χ1v) is 12.7. The van der Waals surface area contributed by atoms with Crippen LogP contribution >= 0.6 is 24.8 Å². The second-order valence-electron chi connectivity index (χ2n) is 8.61.